The fourth-order valence-corrected chi connectivity index (χ4v) is 3.06. The summed E-state index contributed by atoms with van der Waals surface area (Å²) in [7, 11) is 0. The maximum absolute atomic E-state index is 13.8. The van der Waals surface area contributed by atoms with Gasteiger partial charge in [0.05, 0.1) is 0 Å². The van der Waals surface area contributed by atoms with Gasteiger partial charge < -0.3 is 5.32 Å². The fourth-order valence-electron chi connectivity index (χ4n) is 1.93. The van der Waals surface area contributed by atoms with E-state index in [0.29, 0.717) is 5.56 Å². The lowest BCUT2D eigenvalue weighted by Gasteiger charge is -2.20. The van der Waals surface area contributed by atoms with Crippen LogP contribution in [0.3, 0.4) is 0 Å². The van der Waals surface area contributed by atoms with Crippen LogP contribution in [0.4, 0.5) is 4.39 Å². The van der Waals surface area contributed by atoms with Crippen LogP contribution in [0.1, 0.15) is 37.1 Å². The van der Waals surface area contributed by atoms with Gasteiger partial charge in [0.1, 0.15) is 5.82 Å². The van der Waals surface area contributed by atoms with Gasteiger partial charge in [-0.25, -0.2) is 4.39 Å². The summed E-state index contributed by atoms with van der Waals surface area (Å²) in [5.74, 6) is -0.171. The monoisotopic (exact) mass is 327 g/mol. The van der Waals surface area contributed by atoms with Crippen molar-refractivity contribution < 1.29 is 4.39 Å². The number of thiophene rings is 1. The lowest BCUT2D eigenvalue weighted by Crippen LogP contribution is -2.22. The third-order valence-corrected chi connectivity index (χ3v) is 4.16. The first-order valence-corrected chi connectivity index (χ1v) is 7.54. The zero-order chi connectivity index (χ0) is 13.1. The van der Waals surface area contributed by atoms with E-state index >= 15 is 0 Å². The molecule has 0 radical (unpaired) electrons. The summed E-state index contributed by atoms with van der Waals surface area (Å²) in [5.41, 5.74) is 1.92. The highest BCUT2D eigenvalue weighted by Gasteiger charge is 2.14. The first-order valence-electron chi connectivity index (χ1n) is 5.81. The minimum atomic E-state index is -0.171. The Balaban J connectivity index is 2.12. The molecule has 0 fully saturated rings. The standard InChI is InChI=1S/C14H15BrFNS/c1-9(11-5-6-18-8-11)17-10(2)13-7-12(15)3-4-14(13)16/h3-10,17H,1-2H3. The van der Waals surface area contributed by atoms with Crippen LogP contribution in [0.2, 0.25) is 0 Å². The molecule has 0 amide bonds. The normalized spacial score (nSPS) is 14.4. The van der Waals surface area contributed by atoms with Crippen LogP contribution in [0.25, 0.3) is 0 Å². The maximum atomic E-state index is 13.8. The summed E-state index contributed by atoms with van der Waals surface area (Å²) in [4.78, 5) is 0. The van der Waals surface area contributed by atoms with E-state index in [1.165, 1.54) is 11.6 Å². The lowest BCUT2D eigenvalue weighted by molar-refractivity contribution is 0.474. The molecule has 1 nitrogen and oxygen atoms in total. The lowest BCUT2D eigenvalue weighted by atomic mass is 10.1. The van der Waals surface area contributed by atoms with Gasteiger partial charge in [0.15, 0.2) is 0 Å². The van der Waals surface area contributed by atoms with Gasteiger partial charge in [-0.05, 0) is 54.4 Å². The van der Waals surface area contributed by atoms with Crippen molar-refractivity contribution in [1.29, 1.82) is 0 Å². The Morgan fingerprint density at radius 2 is 2.00 bits per heavy atom. The average molecular weight is 328 g/mol. The quantitative estimate of drug-likeness (QED) is 0.827. The molecular weight excluding hydrogens is 313 g/mol. The van der Waals surface area contributed by atoms with Gasteiger partial charge in [-0.1, -0.05) is 15.9 Å². The number of hydrogen-bond acceptors (Lipinski definition) is 2. The Morgan fingerprint density at radius 1 is 1.22 bits per heavy atom. The van der Waals surface area contributed by atoms with Crippen LogP contribution in [0.15, 0.2) is 39.5 Å². The molecule has 18 heavy (non-hydrogen) atoms. The topological polar surface area (TPSA) is 12.0 Å². The van der Waals surface area contributed by atoms with Gasteiger partial charge in [-0.2, -0.15) is 11.3 Å². The van der Waals surface area contributed by atoms with Crippen molar-refractivity contribution in [2.75, 3.05) is 0 Å². The molecule has 0 aliphatic rings. The zero-order valence-corrected chi connectivity index (χ0v) is 12.7. The van der Waals surface area contributed by atoms with E-state index in [2.05, 4.69) is 45.0 Å². The van der Waals surface area contributed by atoms with Crippen LogP contribution < -0.4 is 5.32 Å². The summed E-state index contributed by atoms with van der Waals surface area (Å²) < 4.78 is 14.7. The van der Waals surface area contributed by atoms with Crippen molar-refractivity contribution in [3.05, 3.63) is 56.4 Å². The maximum Gasteiger partial charge on any atom is 0.128 e. The molecule has 0 saturated heterocycles. The number of benzene rings is 1. The molecule has 1 aromatic carbocycles. The molecule has 2 atom stereocenters. The summed E-state index contributed by atoms with van der Waals surface area (Å²) in [6, 6.07) is 7.31. The van der Waals surface area contributed by atoms with E-state index in [9.17, 15) is 4.39 Å². The third-order valence-electron chi connectivity index (χ3n) is 2.97. The van der Waals surface area contributed by atoms with Crippen LogP contribution in [-0.2, 0) is 0 Å². The second-order valence-electron chi connectivity index (χ2n) is 4.33. The highest BCUT2D eigenvalue weighted by molar-refractivity contribution is 9.10. The van der Waals surface area contributed by atoms with Crippen LogP contribution in [0.5, 0.6) is 0 Å². The van der Waals surface area contributed by atoms with Crippen molar-refractivity contribution in [3.8, 4) is 0 Å². The molecule has 0 aliphatic carbocycles. The molecule has 0 aliphatic heterocycles. The molecule has 0 spiro atoms. The first kappa shape index (κ1) is 13.7. The van der Waals surface area contributed by atoms with E-state index in [0.717, 1.165) is 4.47 Å². The van der Waals surface area contributed by atoms with Gasteiger partial charge in [-0.3, -0.25) is 0 Å². The predicted octanol–water partition coefficient (Wildman–Crippen LogP) is 5.06. The summed E-state index contributed by atoms with van der Waals surface area (Å²) in [5, 5.41) is 7.58. The molecule has 2 unspecified atom stereocenters. The fraction of sp³-hybridized carbons (Fsp3) is 0.286. The molecule has 0 saturated carbocycles. The van der Waals surface area contributed by atoms with E-state index < -0.39 is 0 Å². The summed E-state index contributed by atoms with van der Waals surface area (Å²) in [6.07, 6.45) is 0. The number of nitrogens with one attached hydrogen (secondary N) is 1. The Kier molecular flexibility index (Phi) is 4.54. The molecule has 0 bridgehead atoms. The number of rotatable bonds is 4. The Hall–Kier alpha value is -0.710. The second-order valence-corrected chi connectivity index (χ2v) is 6.03. The van der Waals surface area contributed by atoms with Crippen molar-refractivity contribution in [1.82, 2.24) is 5.32 Å². The van der Waals surface area contributed by atoms with E-state index in [1.807, 2.05) is 13.0 Å². The zero-order valence-electron chi connectivity index (χ0n) is 10.3. The van der Waals surface area contributed by atoms with Crippen molar-refractivity contribution in [2.45, 2.75) is 25.9 Å². The molecule has 2 aromatic rings. The molecule has 96 valence electrons. The Bertz CT molecular complexity index is 513. The van der Waals surface area contributed by atoms with Crippen LogP contribution >= 0.6 is 27.3 Å². The van der Waals surface area contributed by atoms with E-state index in [-0.39, 0.29) is 17.9 Å². The largest absolute Gasteiger partial charge is 0.304 e. The molecule has 1 aromatic heterocycles. The Labute approximate surface area is 119 Å². The van der Waals surface area contributed by atoms with Gasteiger partial charge >= 0.3 is 0 Å². The van der Waals surface area contributed by atoms with Crippen LogP contribution in [-0.4, -0.2) is 0 Å². The summed E-state index contributed by atoms with van der Waals surface area (Å²) in [6.45, 7) is 4.07. The van der Waals surface area contributed by atoms with Gasteiger partial charge in [0, 0.05) is 22.1 Å². The van der Waals surface area contributed by atoms with Gasteiger partial charge in [-0.15, -0.1) is 0 Å². The Morgan fingerprint density at radius 3 is 2.67 bits per heavy atom. The molecule has 1 heterocycles. The SMILES string of the molecule is CC(NC(C)c1cc(Br)ccc1F)c1ccsc1. The first-order chi connectivity index (χ1) is 8.58. The smallest absolute Gasteiger partial charge is 0.128 e. The van der Waals surface area contributed by atoms with Gasteiger partial charge in [0.2, 0.25) is 0 Å². The predicted molar refractivity (Wildman–Crippen MR) is 78.4 cm³/mol. The summed E-state index contributed by atoms with van der Waals surface area (Å²) >= 11 is 5.05. The van der Waals surface area contributed by atoms with Gasteiger partial charge in [0.25, 0.3) is 0 Å². The highest BCUT2D eigenvalue weighted by atomic mass is 79.9. The molecule has 2 rings (SSSR count). The number of hydrogen-bond donors (Lipinski definition) is 1. The minimum absolute atomic E-state index is 0.0302. The van der Waals surface area contributed by atoms with Crippen molar-refractivity contribution in [3.63, 3.8) is 0 Å². The van der Waals surface area contributed by atoms with Crippen molar-refractivity contribution in [2.24, 2.45) is 0 Å². The van der Waals surface area contributed by atoms with E-state index in [4.69, 9.17) is 0 Å². The second kappa shape index (κ2) is 5.95. The molecular formula is C14H15BrFNS. The number of halogens is 2. The average Bonchev–Trinajstić information content (AvgIpc) is 2.85. The van der Waals surface area contributed by atoms with Crippen molar-refractivity contribution >= 4 is 27.3 Å². The van der Waals surface area contributed by atoms with E-state index in [1.54, 1.807) is 17.4 Å². The molecule has 1 N–H and O–H groups in total. The molecule has 4 heteroatoms. The van der Waals surface area contributed by atoms with Crippen LogP contribution in [0, 0.1) is 5.82 Å². The third kappa shape index (κ3) is 3.19. The minimum Gasteiger partial charge on any atom is -0.304 e. The highest BCUT2D eigenvalue weighted by Crippen LogP contribution is 2.25.